The van der Waals surface area contributed by atoms with Crippen molar-refractivity contribution in [2.75, 3.05) is 0 Å². The first kappa shape index (κ1) is 14.6. The number of hydrogen-bond donors (Lipinski definition) is 2. The first-order valence-corrected chi connectivity index (χ1v) is 6.40. The number of pyridine rings is 1. The number of carbonyl (C=O) groups is 1. The molecule has 0 aliphatic rings. The van der Waals surface area contributed by atoms with Crippen LogP contribution in [0.1, 0.15) is 42.6 Å². The highest BCUT2D eigenvalue weighted by atomic mass is 32.1. The Morgan fingerprint density at radius 1 is 1.44 bits per heavy atom. The monoisotopic (exact) mass is 265 g/mol. The van der Waals surface area contributed by atoms with Crippen LogP contribution in [0, 0.1) is 6.92 Å². The third-order valence-corrected chi connectivity index (χ3v) is 3.56. The quantitative estimate of drug-likeness (QED) is 0.799. The van der Waals surface area contributed by atoms with Crippen molar-refractivity contribution in [2.45, 2.75) is 39.2 Å². The van der Waals surface area contributed by atoms with E-state index in [0.717, 1.165) is 5.56 Å². The highest BCUT2D eigenvalue weighted by Gasteiger charge is 2.31. The maximum atomic E-state index is 12.2. The maximum absolute atomic E-state index is 12.2. The Kier molecular flexibility index (Phi) is 4.78. The van der Waals surface area contributed by atoms with Crippen molar-refractivity contribution in [1.82, 2.24) is 10.3 Å². The van der Waals surface area contributed by atoms with Gasteiger partial charge in [0.2, 0.25) is 0 Å². The van der Waals surface area contributed by atoms with E-state index in [2.05, 4.69) is 10.3 Å². The van der Waals surface area contributed by atoms with Crippen LogP contribution in [0.2, 0.25) is 0 Å². The van der Waals surface area contributed by atoms with E-state index < -0.39 is 5.54 Å². The summed E-state index contributed by atoms with van der Waals surface area (Å²) in [6, 6.07) is 1.79. The zero-order valence-corrected chi connectivity index (χ0v) is 11.8. The lowest BCUT2D eigenvalue weighted by atomic mass is 9.92. The van der Waals surface area contributed by atoms with Gasteiger partial charge in [0, 0.05) is 12.4 Å². The van der Waals surface area contributed by atoms with Gasteiger partial charge in [0.25, 0.3) is 5.91 Å². The molecule has 18 heavy (non-hydrogen) atoms. The molecule has 4 nitrogen and oxygen atoms in total. The number of rotatable bonds is 5. The average Bonchev–Trinajstić information content (AvgIpc) is 2.35. The van der Waals surface area contributed by atoms with Gasteiger partial charge in [-0.15, -0.1) is 0 Å². The molecule has 98 valence electrons. The molecule has 0 unspecified atom stereocenters. The largest absolute Gasteiger partial charge is 0.391 e. The molecule has 3 N–H and O–H groups in total. The van der Waals surface area contributed by atoms with Crippen LogP contribution in [0.25, 0.3) is 0 Å². The van der Waals surface area contributed by atoms with Gasteiger partial charge in [0.05, 0.1) is 16.1 Å². The second-order valence-electron chi connectivity index (χ2n) is 4.36. The molecule has 1 heterocycles. The van der Waals surface area contributed by atoms with Crippen molar-refractivity contribution in [3.05, 3.63) is 29.6 Å². The van der Waals surface area contributed by atoms with Crippen LogP contribution in [-0.4, -0.2) is 21.4 Å². The van der Waals surface area contributed by atoms with E-state index >= 15 is 0 Å². The van der Waals surface area contributed by atoms with Crippen LogP contribution in [0.3, 0.4) is 0 Å². The van der Waals surface area contributed by atoms with Gasteiger partial charge in [-0.3, -0.25) is 9.78 Å². The van der Waals surface area contributed by atoms with Gasteiger partial charge in [0.15, 0.2) is 0 Å². The highest BCUT2D eigenvalue weighted by molar-refractivity contribution is 7.80. The van der Waals surface area contributed by atoms with Gasteiger partial charge in [-0.25, -0.2) is 0 Å². The lowest BCUT2D eigenvalue weighted by Gasteiger charge is -2.31. The molecule has 0 aliphatic heterocycles. The van der Waals surface area contributed by atoms with Gasteiger partial charge in [-0.05, 0) is 31.4 Å². The van der Waals surface area contributed by atoms with Gasteiger partial charge in [0.1, 0.15) is 0 Å². The zero-order chi connectivity index (χ0) is 13.8. The molecule has 0 aromatic carbocycles. The molecule has 1 rings (SSSR count). The van der Waals surface area contributed by atoms with E-state index in [1.807, 2.05) is 20.8 Å². The average molecular weight is 265 g/mol. The number of nitrogens with one attached hydrogen (secondary N) is 1. The lowest BCUT2D eigenvalue weighted by molar-refractivity contribution is 0.0919. The molecular formula is C13H19N3OS. The third-order valence-electron chi connectivity index (χ3n) is 3.17. The van der Waals surface area contributed by atoms with Gasteiger partial charge in [-0.2, -0.15) is 0 Å². The van der Waals surface area contributed by atoms with E-state index in [-0.39, 0.29) is 5.91 Å². The Morgan fingerprint density at radius 2 is 2.06 bits per heavy atom. The topological polar surface area (TPSA) is 68.0 Å². The number of nitrogens with zero attached hydrogens (tertiary/aromatic N) is 1. The van der Waals surface area contributed by atoms with Crippen LogP contribution < -0.4 is 11.1 Å². The first-order chi connectivity index (χ1) is 8.45. The minimum atomic E-state index is -0.615. The molecule has 1 aromatic rings. The van der Waals surface area contributed by atoms with Gasteiger partial charge >= 0.3 is 0 Å². The van der Waals surface area contributed by atoms with Crippen LogP contribution in [-0.2, 0) is 0 Å². The summed E-state index contributed by atoms with van der Waals surface area (Å²) in [5.41, 5.74) is 6.60. The summed E-state index contributed by atoms with van der Waals surface area (Å²) in [6.45, 7) is 5.80. The van der Waals surface area contributed by atoms with Crippen LogP contribution in [0.5, 0.6) is 0 Å². The molecule has 0 saturated heterocycles. The molecule has 5 heteroatoms. The van der Waals surface area contributed by atoms with Crippen molar-refractivity contribution < 1.29 is 4.79 Å². The Morgan fingerprint density at radius 3 is 2.50 bits per heavy atom. The summed E-state index contributed by atoms with van der Waals surface area (Å²) in [5, 5.41) is 2.93. The van der Waals surface area contributed by atoms with Crippen LogP contribution in [0.15, 0.2) is 18.5 Å². The molecule has 1 aromatic heterocycles. The molecule has 0 saturated carbocycles. The summed E-state index contributed by atoms with van der Waals surface area (Å²) in [4.78, 5) is 16.5. The van der Waals surface area contributed by atoms with E-state index in [0.29, 0.717) is 23.4 Å². The fourth-order valence-electron chi connectivity index (χ4n) is 1.81. The Balaban J connectivity index is 2.95. The standard InChI is InChI=1S/C13H19N3OS/c1-4-13(5-2,12(14)18)16-11(17)10-6-9(3)7-15-8-10/h6-8H,4-5H2,1-3H3,(H2,14,18)(H,16,17). The predicted molar refractivity (Wildman–Crippen MR) is 76.5 cm³/mol. The van der Waals surface area contributed by atoms with Crippen molar-refractivity contribution in [2.24, 2.45) is 5.73 Å². The molecule has 0 fully saturated rings. The molecule has 0 bridgehead atoms. The lowest BCUT2D eigenvalue weighted by Crippen LogP contribution is -2.56. The van der Waals surface area contributed by atoms with Crippen LogP contribution >= 0.6 is 12.2 Å². The number of thiocarbonyl (C=S) groups is 1. The molecule has 0 atom stereocenters. The number of aromatic nitrogens is 1. The molecule has 0 spiro atoms. The SMILES string of the molecule is CCC(CC)(NC(=O)c1cncc(C)c1)C(N)=S. The minimum Gasteiger partial charge on any atom is -0.391 e. The number of nitrogens with two attached hydrogens (primary N) is 1. The van der Waals surface area contributed by atoms with Crippen molar-refractivity contribution in [1.29, 1.82) is 0 Å². The summed E-state index contributed by atoms with van der Waals surface area (Å²) in [5.74, 6) is -0.192. The Labute approximate surface area is 113 Å². The van der Waals surface area contributed by atoms with Gasteiger partial charge < -0.3 is 11.1 Å². The fraction of sp³-hybridized carbons (Fsp3) is 0.462. The normalized spacial score (nSPS) is 11.1. The molecule has 0 aliphatic carbocycles. The van der Waals surface area contributed by atoms with Crippen molar-refractivity contribution >= 4 is 23.1 Å². The van der Waals surface area contributed by atoms with Crippen molar-refractivity contribution in [3.8, 4) is 0 Å². The van der Waals surface area contributed by atoms with E-state index in [9.17, 15) is 4.79 Å². The summed E-state index contributed by atoms with van der Waals surface area (Å²) >= 11 is 5.07. The van der Waals surface area contributed by atoms with E-state index in [4.69, 9.17) is 18.0 Å². The Bertz CT molecular complexity index is 455. The number of carbonyl (C=O) groups excluding carboxylic acids is 1. The second kappa shape index (κ2) is 5.91. The highest BCUT2D eigenvalue weighted by Crippen LogP contribution is 2.16. The van der Waals surface area contributed by atoms with E-state index in [1.165, 1.54) is 6.20 Å². The number of amides is 1. The van der Waals surface area contributed by atoms with Crippen molar-refractivity contribution in [3.63, 3.8) is 0 Å². The summed E-state index contributed by atoms with van der Waals surface area (Å²) in [7, 11) is 0. The fourth-order valence-corrected chi connectivity index (χ4v) is 2.15. The predicted octanol–water partition coefficient (Wildman–Crippen LogP) is 1.96. The van der Waals surface area contributed by atoms with Crippen LogP contribution in [0.4, 0.5) is 0 Å². The number of hydrogen-bond acceptors (Lipinski definition) is 3. The zero-order valence-electron chi connectivity index (χ0n) is 11.0. The summed E-state index contributed by atoms with van der Waals surface area (Å²) in [6.07, 6.45) is 4.59. The summed E-state index contributed by atoms with van der Waals surface area (Å²) < 4.78 is 0. The third kappa shape index (κ3) is 3.04. The van der Waals surface area contributed by atoms with E-state index in [1.54, 1.807) is 12.3 Å². The maximum Gasteiger partial charge on any atom is 0.253 e. The molecule has 0 radical (unpaired) electrons. The van der Waals surface area contributed by atoms with Gasteiger partial charge in [-0.1, -0.05) is 26.1 Å². The number of aryl methyl sites for hydroxylation is 1. The first-order valence-electron chi connectivity index (χ1n) is 5.99. The minimum absolute atomic E-state index is 0.192. The second-order valence-corrected chi connectivity index (χ2v) is 4.80. The molecule has 1 amide bonds. The Hall–Kier alpha value is -1.49. The smallest absolute Gasteiger partial charge is 0.253 e. The molecular weight excluding hydrogens is 246 g/mol.